The number of aryl methyl sites for hydroxylation is 1. The van der Waals surface area contributed by atoms with E-state index in [-0.39, 0.29) is 17.4 Å². The van der Waals surface area contributed by atoms with Gasteiger partial charge in [-0.15, -0.1) is 0 Å². The topological polar surface area (TPSA) is 12.0 Å². The average Bonchev–Trinajstić information content (AvgIpc) is 2.31. The lowest BCUT2D eigenvalue weighted by Gasteiger charge is -2.25. The molecule has 1 saturated heterocycles. The van der Waals surface area contributed by atoms with Crippen LogP contribution in [0.25, 0.3) is 0 Å². The molecule has 0 amide bonds. The monoisotopic (exact) mass is 225 g/mol. The normalized spacial score (nSPS) is 21.1. The third kappa shape index (κ3) is 2.09. The zero-order valence-corrected chi connectivity index (χ0v) is 9.52. The van der Waals surface area contributed by atoms with Crippen molar-refractivity contribution in [2.75, 3.05) is 6.54 Å². The third-order valence-electron chi connectivity index (χ3n) is 3.25. The molecular weight excluding hydrogens is 208 g/mol. The van der Waals surface area contributed by atoms with Crippen LogP contribution in [0.5, 0.6) is 0 Å². The van der Waals surface area contributed by atoms with Crippen LogP contribution < -0.4 is 5.32 Å². The van der Waals surface area contributed by atoms with Gasteiger partial charge in [-0.05, 0) is 37.4 Å². The molecule has 1 aliphatic rings. The van der Waals surface area contributed by atoms with Crippen LogP contribution >= 0.6 is 0 Å². The number of halogens is 2. The molecule has 0 aromatic heterocycles. The maximum Gasteiger partial charge on any atom is 0.134 e. The Morgan fingerprint density at radius 1 is 1.31 bits per heavy atom. The van der Waals surface area contributed by atoms with Gasteiger partial charge in [0, 0.05) is 11.6 Å². The van der Waals surface area contributed by atoms with E-state index in [1.807, 2.05) is 6.92 Å². The molecule has 2 rings (SSSR count). The van der Waals surface area contributed by atoms with E-state index < -0.39 is 5.82 Å². The smallest absolute Gasteiger partial charge is 0.134 e. The Bertz CT molecular complexity index is 370. The van der Waals surface area contributed by atoms with Crippen molar-refractivity contribution in [2.24, 2.45) is 0 Å². The molecule has 1 nitrogen and oxygen atoms in total. The molecule has 0 radical (unpaired) electrons. The summed E-state index contributed by atoms with van der Waals surface area (Å²) in [5, 5.41) is 3.19. The van der Waals surface area contributed by atoms with Crippen LogP contribution in [0.4, 0.5) is 8.78 Å². The van der Waals surface area contributed by atoms with E-state index in [2.05, 4.69) is 5.32 Å². The lowest BCUT2D eigenvalue weighted by molar-refractivity contribution is 0.384. The van der Waals surface area contributed by atoms with Gasteiger partial charge in [0.1, 0.15) is 11.6 Å². The third-order valence-corrected chi connectivity index (χ3v) is 3.25. The summed E-state index contributed by atoms with van der Waals surface area (Å²) in [6, 6.07) is 2.77. The molecule has 0 bridgehead atoms. The van der Waals surface area contributed by atoms with E-state index in [0.717, 1.165) is 25.8 Å². The van der Waals surface area contributed by atoms with Gasteiger partial charge in [0.25, 0.3) is 0 Å². The molecule has 1 aromatic carbocycles. The van der Waals surface area contributed by atoms with Gasteiger partial charge in [0.05, 0.1) is 0 Å². The molecule has 1 fully saturated rings. The average molecular weight is 225 g/mol. The molecule has 1 aromatic rings. The summed E-state index contributed by atoms with van der Waals surface area (Å²) in [4.78, 5) is 0. The van der Waals surface area contributed by atoms with E-state index in [9.17, 15) is 8.78 Å². The summed E-state index contributed by atoms with van der Waals surface area (Å²) in [5.74, 6) is -0.781. The second kappa shape index (κ2) is 4.91. The fraction of sp³-hybridized carbons (Fsp3) is 0.538. The SMILES string of the molecule is CCc1ccc(F)c(C2CCCCN2)c1F. The Kier molecular flexibility index (Phi) is 3.54. The minimum atomic E-state index is -0.422. The lowest BCUT2D eigenvalue weighted by Crippen LogP contribution is -2.28. The molecule has 0 aliphatic carbocycles. The molecule has 3 heteroatoms. The van der Waals surface area contributed by atoms with Crippen LogP contribution in [0.2, 0.25) is 0 Å². The van der Waals surface area contributed by atoms with Crippen molar-refractivity contribution in [3.63, 3.8) is 0 Å². The van der Waals surface area contributed by atoms with Crippen molar-refractivity contribution in [3.05, 3.63) is 34.9 Å². The van der Waals surface area contributed by atoms with Crippen LogP contribution in [0, 0.1) is 11.6 Å². The van der Waals surface area contributed by atoms with Crippen molar-refractivity contribution in [1.29, 1.82) is 0 Å². The van der Waals surface area contributed by atoms with Gasteiger partial charge < -0.3 is 5.32 Å². The first kappa shape index (κ1) is 11.5. The van der Waals surface area contributed by atoms with Crippen molar-refractivity contribution in [3.8, 4) is 0 Å². The zero-order valence-electron chi connectivity index (χ0n) is 9.52. The molecule has 1 heterocycles. The fourth-order valence-electron chi connectivity index (χ4n) is 2.31. The van der Waals surface area contributed by atoms with Crippen molar-refractivity contribution in [1.82, 2.24) is 5.32 Å². The molecule has 1 N–H and O–H groups in total. The maximum absolute atomic E-state index is 14.0. The van der Waals surface area contributed by atoms with E-state index >= 15 is 0 Å². The number of nitrogens with one attached hydrogen (secondary N) is 1. The number of rotatable bonds is 2. The molecule has 1 atom stereocenters. The summed E-state index contributed by atoms with van der Waals surface area (Å²) in [6.07, 6.45) is 3.55. The van der Waals surface area contributed by atoms with Gasteiger partial charge in [0.15, 0.2) is 0 Å². The fourth-order valence-corrected chi connectivity index (χ4v) is 2.31. The Balaban J connectivity index is 2.37. The minimum Gasteiger partial charge on any atom is -0.310 e. The number of hydrogen-bond donors (Lipinski definition) is 1. The summed E-state index contributed by atoms with van der Waals surface area (Å²) in [7, 11) is 0. The predicted octanol–water partition coefficient (Wildman–Crippen LogP) is 3.34. The lowest BCUT2D eigenvalue weighted by atomic mass is 9.94. The summed E-state index contributed by atoms with van der Waals surface area (Å²) < 4.78 is 27.7. The van der Waals surface area contributed by atoms with Gasteiger partial charge in [0.2, 0.25) is 0 Å². The highest BCUT2D eigenvalue weighted by molar-refractivity contribution is 5.30. The maximum atomic E-state index is 14.0. The Morgan fingerprint density at radius 3 is 2.75 bits per heavy atom. The molecule has 1 unspecified atom stereocenters. The second-order valence-corrected chi connectivity index (χ2v) is 4.29. The van der Waals surface area contributed by atoms with Crippen LogP contribution in [-0.2, 0) is 6.42 Å². The second-order valence-electron chi connectivity index (χ2n) is 4.29. The highest BCUT2D eigenvalue weighted by Gasteiger charge is 2.23. The highest BCUT2D eigenvalue weighted by Crippen LogP contribution is 2.29. The van der Waals surface area contributed by atoms with Crippen molar-refractivity contribution in [2.45, 2.75) is 38.6 Å². The molecule has 0 spiro atoms. The van der Waals surface area contributed by atoms with E-state index in [4.69, 9.17) is 0 Å². The number of piperidine rings is 1. The summed E-state index contributed by atoms with van der Waals surface area (Å²) >= 11 is 0. The Morgan fingerprint density at radius 2 is 2.12 bits per heavy atom. The van der Waals surface area contributed by atoms with Crippen molar-refractivity contribution >= 4 is 0 Å². The standard InChI is InChI=1S/C13H17F2N/c1-2-9-6-7-10(14)12(13(9)15)11-5-3-4-8-16-11/h6-7,11,16H,2-5,8H2,1H3. The number of benzene rings is 1. The minimum absolute atomic E-state index is 0.153. The first-order valence-corrected chi connectivity index (χ1v) is 5.94. The largest absolute Gasteiger partial charge is 0.310 e. The van der Waals surface area contributed by atoms with E-state index in [1.165, 1.54) is 12.1 Å². The Hall–Kier alpha value is -0.960. The van der Waals surface area contributed by atoms with Gasteiger partial charge in [-0.25, -0.2) is 8.78 Å². The molecule has 88 valence electrons. The van der Waals surface area contributed by atoms with Gasteiger partial charge in [-0.1, -0.05) is 19.4 Å². The Labute approximate surface area is 94.9 Å². The van der Waals surface area contributed by atoms with Crippen LogP contribution in [-0.4, -0.2) is 6.54 Å². The zero-order chi connectivity index (χ0) is 11.5. The van der Waals surface area contributed by atoms with Gasteiger partial charge in [-0.2, -0.15) is 0 Å². The molecular formula is C13H17F2N. The molecule has 1 aliphatic heterocycles. The van der Waals surface area contributed by atoms with Crippen LogP contribution in [0.1, 0.15) is 43.4 Å². The van der Waals surface area contributed by atoms with Gasteiger partial charge >= 0.3 is 0 Å². The van der Waals surface area contributed by atoms with Crippen LogP contribution in [0.15, 0.2) is 12.1 Å². The first-order valence-electron chi connectivity index (χ1n) is 5.94. The van der Waals surface area contributed by atoms with E-state index in [1.54, 1.807) is 0 Å². The molecule has 0 saturated carbocycles. The summed E-state index contributed by atoms with van der Waals surface area (Å²) in [5.41, 5.74) is 0.836. The van der Waals surface area contributed by atoms with E-state index in [0.29, 0.717) is 12.0 Å². The first-order chi connectivity index (χ1) is 7.74. The quantitative estimate of drug-likeness (QED) is 0.814. The highest BCUT2D eigenvalue weighted by atomic mass is 19.1. The summed E-state index contributed by atoms with van der Waals surface area (Å²) in [6.45, 7) is 2.73. The van der Waals surface area contributed by atoms with Gasteiger partial charge in [-0.3, -0.25) is 0 Å². The number of hydrogen-bond acceptors (Lipinski definition) is 1. The predicted molar refractivity (Wildman–Crippen MR) is 60.3 cm³/mol. The molecule has 16 heavy (non-hydrogen) atoms. The van der Waals surface area contributed by atoms with Crippen LogP contribution in [0.3, 0.4) is 0 Å². The van der Waals surface area contributed by atoms with Crippen molar-refractivity contribution < 1.29 is 8.78 Å².